The zero-order valence-corrected chi connectivity index (χ0v) is 9.64. The Labute approximate surface area is 99.0 Å². The standard InChI is InChI=1S/C11H15N3O3/c1-8-6-9(13-7-12-8)14-11(10(15)16)2-4-17-5-3-11/h6-7H,2-5H2,1H3,(H,15,16)(H,12,13,14). The molecule has 0 atom stereocenters. The molecule has 2 heterocycles. The van der Waals surface area contributed by atoms with Gasteiger partial charge >= 0.3 is 5.97 Å². The van der Waals surface area contributed by atoms with Crippen molar-refractivity contribution in [3.05, 3.63) is 18.1 Å². The van der Waals surface area contributed by atoms with Crippen LogP contribution in [0.1, 0.15) is 18.5 Å². The molecule has 2 rings (SSSR count). The average molecular weight is 237 g/mol. The van der Waals surface area contributed by atoms with Crippen LogP contribution >= 0.6 is 0 Å². The van der Waals surface area contributed by atoms with Crippen LogP contribution in [-0.2, 0) is 9.53 Å². The van der Waals surface area contributed by atoms with E-state index in [1.54, 1.807) is 6.07 Å². The summed E-state index contributed by atoms with van der Waals surface area (Å²) in [4.78, 5) is 19.4. The van der Waals surface area contributed by atoms with Gasteiger partial charge in [0.2, 0.25) is 0 Å². The molecule has 0 aromatic carbocycles. The lowest BCUT2D eigenvalue weighted by Crippen LogP contribution is -2.50. The van der Waals surface area contributed by atoms with E-state index in [1.165, 1.54) is 6.33 Å². The Hall–Kier alpha value is -1.69. The largest absolute Gasteiger partial charge is 0.480 e. The van der Waals surface area contributed by atoms with Gasteiger partial charge in [-0.1, -0.05) is 0 Å². The third-order valence-electron chi connectivity index (χ3n) is 2.93. The second kappa shape index (κ2) is 4.67. The fraction of sp³-hybridized carbons (Fsp3) is 0.545. The molecule has 1 aliphatic rings. The van der Waals surface area contributed by atoms with E-state index in [1.807, 2.05) is 6.92 Å². The summed E-state index contributed by atoms with van der Waals surface area (Å²) in [5, 5.41) is 12.4. The van der Waals surface area contributed by atoms with E-state index in [0.29, 0.717) is 31.9 Å². The average Bonchev–Trinajstić information content (AvgIpc) is 2.30. The van der Waals surface area contributed by atoms with Crippen molar-refractivity contribution in [1.82, 2.24) is 9.97 Å². The molecule has 1 aromatic heterocycles. The Balaban J connectivity index is 2.20. The predicted molar refractivity (Wildman–Crippen MR) is 60.8 cm³/mol. The van der Waals surface area contributed by atoms with Crippen molar-refractivity contribution < 1.29 is 14.6 Å². The third kappa shape index (κ3) is 2.52. The number of aromatic nitrogens is 2. The number of hydrogen-bond acceptors (Lipinski definition) is 5. The van der Waals surface area contributed by atoms with Crippen molar-refractivity contribution in [2.45, 2.75) is 25.3 Å². The maximum absolute atomic E-state index is 11.4. The van der Waals surface area contributed by atoms with Crippen molar-refractivity contribution >= 4 is 11.8 Å². The van der Waals surface area contributed by atoms with Gasteiger partial charge in [0, 0.05) is 37.8 Å². The molecule has 2 N–H and O–H groups in total. The highest BCUT2D eigenvalue weighted by molar-refractivity contribution is 5.82. The molecule has 0 spiro atoms. The molecule has 17 heavy (non-hydrogen) atoms. The number of aryl methyl sites for hydroxylation is 1. The monoisotopic (exact) mass is 237 g/mol. The molecule has 0 bridgehead atoms. The molecule has 1 fully saturated rings. The molecule has 0 radical (unpaired) electrons. The molecule has 1 aromatic rings. The highest BCUT2D eigenvalue weighted by Crippen LogP contribution is 2.25. The second-order valence-corrected chi connectivity index (χ2v) is 4.17. The molecular formula is C11H15N3O3. The Morgan fingerprint density at radius 1 is 1.47 bits per heavy atom. The molecular weight excluding hydrogens is 222 g/mol. The van der Waals surface area contributed by atoms with Gasteiger partial charge in [-0.2, -0.15) is 0 Å². The number of hydrogen-bond donors (Lipinski definition) is 2. The first-order valence-corrected chi connectivity index (χ1v) is 5.50. The van der Waals surface area contributed by atoms with Crippen molar-refractivity contribution in [3.8, 4) is 0 Å². The minimum atomic E-state index is -0.973. The van der Waals surface area contributed by atoms with Gasteiger partial charge in [-0.15, -0.1) is 0 Å². The normalized spacial score (nSPS) is 18.6. The first kappa shape index (κ1) is 11.8. The molecule has 1 aliphatic heterocycles. The van der Waals surface area contributed by atoms with Crippen molar-refractivity contribution in [3.63, 3.8) is 0 Å². The Bertz CT molecular complexity index is 416. The van der Waals surface area contributed by atoms with Crippen molar-refractivity contribution in [1.29, 1.82) is 0 Å². The van der Waals surface area contributed by atoms with Crippen LogP contribution in [0.25, 0.3) is 0 Å². The number of carboxylic acid groups (broad SMARTS) is 1. The zero-order valence-electron chi connectivity index (χ0n) is 9.64. The van der Waals surface area contributed by atoms with Crippen LogP contribution in [0.15, 0.2) is 12.4 Å². The number of nitrogens with zero attached hydrogens (tertiary/aromatic N) is 2. The first-order valence-electron chi connectivity index (χ1n) is 5.50. The van der Waals surface area contributed by atoms with Gasteiger partial charge in [0.1, 0.15) is 17.7 Å². The van der Waals surface area contributed by atoms with Crippen LogP contribution in [0.2, 0.25) is 0 Å². The quantitative estimate of drug-likeness (QED) is 0.810. The highest BCUT2D eigenvalue weighted by atomic mass is 16.5. The molecule has 92 valence electrons. The number of rotatable bonds is 3. The van der Waals surface area contributed by atoms with E-state index < -0.39 is 11.5 Å². The van der Waals surface area contributed by atoms with Gasteiger partial charge in [0.05, 0.1) is 0 Å². The maximum atomic E-state index is 11.4. The summed E-state index contributed by atoms with van der Waals surface area (Å²) in [6.45, 7) is 2.73. The number of nitrogens with one attached hydrogen (secondary N) is 1. The number of carboxylic acids is 1. The van der Waals surface area contributed by atoms with E-state index in [0.717, 1.165) is 5.69 Å². The lowest BCUT2D eigenvalue weighted by atomic mass is 9.90. The Kier molecular flexibility index (Phi) is 3.23. The summed E-state index contributed by atoms with van der Waals surface area (Å²) in [6, 6.07) is 1.74. The molecule has 0 aliphatic carbocycles. The molecule has 0 amide bonds. The van der Waals surface area contributed by atoms with Gasteiger partial charge in [0.15, 0.2) is 0 Å². The van der Waals surface area contributed by atoms with Crippen LogP contribution in [0.3, 0.4) is 0 Å². The van der Waals surface area contributed by atoms with Crippen molar-refractivity contribution in [2.75, 3.05) is 18.5 Å². The van der Waals surface area contributed by atoms with E-state index in [2.05, 4.69) is 15.3 Å². The van der Waals surface area contributed by atoms with Crippen LogP contribution < -0.4 is 5.32 Å². The fourth-order valence-corrected chi connectivity index (χ4v) is 1.88. The van der Waals surface area contributed by atoms with E-state index in [-0.39, 0.29) is 0 Å². The van der Waals surface area contributed by atoms with Gasteiger partial charge in [-0.25, -0.2) is 14.8 Å². The topological polar surface area (TPSA) is 84.3 Å². The number of anilines is 1. The summed E-state index contributed by atoms with van der Waals surface area (Å²) in [7, 11) is 0. The predicted octanol–water partition coefficient (Wildman–Crippen LogP) is 0.831. The van der Waals surface area contributed by atoms with E-state index in [9.17, 15) is 9.90 Å². The molecule has 1 saturated heterocycles. The number of ether oxygens (including phenoxy) is 1. The van der Waals surface area contributed by atoms with Crippen molar-refractivity contribution in [2.24, 2.45) is 0 Å². The molecule has 6 nitrogen and oxygen atoms in total. The van der Waals surface area contributed by atoms with Gasteiger partial charge in [-0.05, 0) is 6.92 Å². The van der Waals surface area contributed by atoms with Gasteiger partial charge in [-0.3, -0.25) is 0 Å². The minimum absolute atomic E-state index is 0.436. The number of aliphatic carboxylic acids is 1. The number of carbonyl (C=O) groups is 1. The molecule has 0 unspecified atom stereocenters. The second-order valence-electron chi connectivity index (χ2n) is 4.17. The minimum Gasteiger partial charge on any atom is -0.480 e. The van der Waals surface area contributed by atoms with Crippen LogP contribution in [-0.4, -0.2) is 39.8 Å². The maximum Gasteiger partial charge on any atom is 0.329 e. The summed E-state index contributed by atoms with van der Waals surface area (Å²) in [5.41, 5.74) is -0.172. The zero-order chi connectivity index (χ0) is 12.3. The molecule has 6 heteroatoms. The van der Waals surface area contributed by atoms with Crippen LogP contribution in [0.4, 0.5) is 5.82 Å². The van der Waals surface area contributed by atoms with E-state index >= 15 is 0 Å². The van der Waals surface area contributed by atoms with Crippen LogP contribution in [0, 0.1) is 6.92 Å². The Morgan fingerprint density at radius 2 is 2.18 bits per heavy atom. The van der Waals surface area contributed by atoms with Gasteiger partial charge in [0.25, 0.3) is 0 Å². The lowest BCUT2D eigenvalue weighted by Gasteiger charge is -2.34. The summed E-state index contributed by atoms with van der Waals surface area (Å²) < 4.78 is 5.20. The summed E-state index contributed by atoms with van der Waals surface area (Å²) >= 11 is 0. The first-order chi connectivity index (χ1) is 8.12. The lowest BCUT2D eigenvalue weighted by molar-refractivity contribution is -0.145. The smallest absolute Gasteiger partial charge is 0.329 e. The SMILES string of the molecule is Cc1cc(NC2(C(=O)O)CCOCC2)ncn1. The molecule has 0 saturated carbocycles. The Morgan fingerprint density at radius 3 is 2.76 bits per heavy atom. The summed E-state index contributed by atoms with van der Waals surface area (Å²) in [5.74, 6) is -0.320. The van der Waals surface area contributed by atoms with E-state index in [4.69, 9.17) is 4.74 Å². The van der Waals surface area contributed by atoms with Gasteiger partial charge < -0.3 is 15.2 Å². The summed E-state index contributed by atoms with van der Waals surface area (Å²) in [6.07, 6.45) is 2.29. The van der Waals surface area contributed by atoms with Crippen LogP contribution in [0.5, 0.6) is 0 Å². The highest BCUT2D eigenvalue weighted by Gasteiger charge is 2.40. The fourth-order valence-electron chi connectivity index (χ4n) is 1.88. The third-order valence-corrected chi connectivity index (χ3v) is 2.93.